The number of likely N-dealkylation sites (tertiary alicyclic amines) is 1. The molecule has 0 aliphatic carbocycles. The Morgan fingerprint density at radius 1 is 1.16 bits per heavy atom. The van der Waals surface area contributed by atoms with Crippen molar-refractivity contribution >= 4 is 39.0 Å². The smallest absolute Gasteiger partial charge is 0.410 e. The maximum absolute atomic E-state index is 13.1. The molecule has 0 radical (unpaired) electrons. The molecule has 170 valence electrons. The molecule has 0 saturated carbocycles. The van der Waals surface area contributed by atoms with Crippen LogP contribution in [0.25, 0.3) is 11.0 Å². The third kappa shape index (κ3) is 6.25. The fraction of sp³-hybridized carbons (Fsp3) is 0.583. The average Bonchev–Trinajstić information content (AvgIpc) is 3.24. The number of fused-ring (bicyclic) bond motifs is 1. The van der Waals surface area contributed by atoms with Crippen LogP contribution in [0.2, 0.25) is 0 Å². The number of benzene rings is 1. The summed E-state index contributed by atoms with van der Waals surface area (Å²) < 4.78 is 17.8. The molecule has 1 amide bonds. The van der Waals surface area contributed by atoms with Crippen molar-refractivity contribution in [1.29, 1.82) is 0 Å². The molecule has 2 heterocycles. The largest absolute Gasteiger partial charge is 0.463 e. The first-order chi connectivity index (χ1) is 14.3. The molecule has 1 fully saturated rings. The van der Waals surface area contributed by atoms with Gasteiger partial charge in [-0.15, -0.1) is 0 Å². The van der Waals surface area contributed by atoms with Crippen molar-refractivity contribution in [2.75, 3.05) is 13.1 Å². The number of hydrogen-bond donors (Lipinski definition) is 0. The van der Waals surface area contributed by atoms with Crippen molar-refractivity contribution < 1.29 is 23.5 Å². The second kappa shape index (κ2) is 8.85. The number of rotatable bonds is 4. The van der Waals surface area contributed by atoms with E-state index in [0.717, 1.165) is 27.4 Å². The molecular weight excluding hydrogens is 462 g/mol. The van der Waals surface area contributed by atoms with E-state index >= 15 is 0 Å². The number of nitrogens with zero attached hydrogens (tertiary/aromatic N) is 1. The van der Waals surface area contributed by atoms with Crippen LogP contribution in [-0.2, 0) is 20.7 Å². The van der Waals surface area contributed by atoms with Gasteiger partial charge < -0.3 is 18.8 Å². The Bertz CT molecular complexity index is 953. The lowest BCUT2D eigenvalue weighted by Gasteiger charge is -2.28. The van der Waals surface area contributed by atoms with Crippen molar-refractivity contribution in [2.45, 2.75) is 65.6 Å². The van der Waals surface area contributed by atoms with Crippen molar-refractivity contribution in [1.82, 2.24) is 4.90 Å². The highest BCUT2D eigenvalue weighted by Gasteiger charge is 2.39. The summed E-state index contributed by atoms with van der Waals surface area (Å²) in [5.74, 6) is -0.590. The molecular formula is C24H32BrNO5. The van der Waals surface area contributed by atoms with E-state index in [-0.39, 0.29) is 23.9 Å². The van der Waals surface area contributed by atoms with Crippen LogP contribution in [0, 0.1) is 11.8 Å². The Balaban J connectivity index is 1.79. The van der Waals surface area contributed by atoms with E-state index in [2.05, 4.69) is 15.9 Å². The molecule has 0 spiro atoms. The maximum Gasteiger partial charge on any atom is 0.410 e. The summed E-state index contributed by atoms with van der Waals surface area (Å²) in [7, 11) is 0. The zero-order valence-corrected chi connectivity index (χ0v) is 20.7. The minimum Gasteiger partial charge on any atom is -0.463 e. The van der Waals surface area contributed by atoms with Gasteiger partial charge in [-0.05, 0) is 93.9 Å². The minimum atomic E-state index is -0.575. The van der Waals surface area contributed by atoms with Crippen molar-refractivity contribution in [3.63, 3.8) is 0 Å². The van der Waals surface area contributed by atoms with Gasteiger partial charge in [-0.25, -0.2) is 4.79 Å². The van der Waals surface area contributed by atoms with E-state index in [1.54, 1.807) is 11.2 Å². The van der Waals surface area contributed by atoms with Crippen LogP contribution in [-0.4, -0.2) is 41.3 Å². The van der Waals surface area contributed by atoms with Crippen LogP contribution in [0.4, 0.5) is 4.79 Å². The summed E-state index contributed by atoms with van der Waals surface area (Å²) in [6.07, 6.45) is 2.59. The molecule has 2 aromatic rings. The predicted molar refractivity (Wildman–Crippen MR) is 123 cm³/mol. The Kier molecular flexibility index (Phi) is 6.75. The Morgan fingerprint density at radius 3 is 2.48 bits per heavy atom. The van der Waals surface area contributed by atoms with E-state index in [4.69, 9.17) is 13.9 Å². The van der Waals surface area contributed by atoms with Gasteiger partial charge in [0.15, 0.2) is 0 Å². The summed E-state index contributed by atoms with van der Waals surface area (Å²) in [6, 6.07) is 5.98. The van der Waals surface area contributed by atoms with Gasteiger partial charge in [-0.1, -0.05) is 6.07 Å². The van der Waals surface area contributed by atoms with Gasteiger partial charge in [0.2, 0.25) is 0 Å². The van der Waals surface area contributed by atoms with Crippen LogP contribution in [0.3, 0.4) is 0 Å². The number of amides is 1. The summed E-state index contributed by atoms with van der Waals surface area (Å²) in [5.41, 5.74) is 0.649. The summed E-state index contributed by atoms with van der Waals surface area (Å²) in [5, 5.41) is 0.995. The quantitative estimate of drug-likeness (QED) is 0.491. The van der Waals surface area contributed by atoms with Crippen LogP contribution in [0.5, 0.6) is 0 Å². The number of esters is 1. The van der Waals surface area contributed by atoms with E-state index in [1.807, 2.05) is 59.7 Å². The van der Waals surface area contributed by atoms with Crippen LogP contribution in [0.1, 0.15) is 53.5 Å². The van der Waals surface area contributed by atoms with Gasteiger partial charge in [-0.3, -0.25) is 4.79 Å². The Morgan fingerprint density at radius 2 is 1.84 bits per heavy atom. The van der Waals surface area contributed by atoms with E-state index in [0.29, 0.717) is 19.5 Å². The van der Waals surface area contributed by atoms with Gasteiger partial charge in [0.1, 0.15) is 23.0 Å². The Labute approximate surface area is 192 Å². The SMILES string of the molecule is CC(C)(C)OC(=O)[C@@H](Cc1ccc2c(Br)coc2c1)[C@H]1CCN(C(=O)OC(C)(C)C)C1. The summed E-state index contributed by atoms with van der Waals surface area (Å²) >= 11 is 3.48. The molecule has 1 aliphatic heterocycles. The van der Waals surface area contributed by atoms with Crippen LogP contribution < -0.4 is 0 Å². The van der Waals surface area contributed by atoms with Gasteiger partial charge >= 0.3 is 12.1 Å². The number of furan rings is 1. The third-order valence-electron chi connectivity index (χ3n) is 5.20. The lowest BCUT2D eigenvalue weighted by Crippen LogP contribution is -2.38. The van der Waals surface area contributed by atoms with Crippen molar-refractivity contribution in [2.24, 2.45) is 11.8 Å². The first-order valence-corrected chi connectivity index (χ1v) is 11.5. The van der Waals surface area contributed by atoms with Crippen molar-refractivity contribution in [3.8, 4) is 0 Å². The van der Waals surface area contributed by atoms with E-state index in [9.17, 15) is 9.59 Å². The summed E-state index contributed by atoms with van der Waals surface area (Å²) in [4.78, 5) is 27.3. The van der Waals surface area contributed by atoms with Gasteiger partial charge in [0.25, 0.3) is 0 Å². The maximum atomic E-state index is 13.1. The molecule has 7 heteroatoms. The molecule has 0 bridgehead atoms. The van der Waals surface area contributed by atoms with Gasteiger partial charge in [-0.2, -0.15) is 0 Å². The fourth-order valence-corrected chi connectivity index (χ4v) is 4.27. The first kappa shape index (κ1) is 23.6. The second-order valence-corrected chi connectivity index (χ2v) is 11.1. The minimum absolute atomic E-state index is 0.00130. The molecule has 31 heavy (non-hydrogen) atoms. The van der Waals surface area contributed by atoms with Crippen LogP contribution in [0.15, 0.2) is 33.4 Å². The highest BCUT2D eigenvalue weighted by atomic mass is 79.9. The average molecular weight is 494 g/mol. The molecule has 1 aromatic heterocycles. The van der Waals surface area contributed by atoms with Gasteiger partial charge in [0.05, 0.1) is 10.4 Å². The lowest BCUT2D eigenvalue weighted by molar-refractivity contribution is -0.161. The first-order valence-electron chi connectivity index (χ1n) is 10.7. The molecule has 3 rings (SSSR count). The monoisotopic (exact) mass is 493 g/mol. The Hall–Kier alpha value is -2.02. The topological polar surface area (TPSA) is 69.0 Å². The van der Waals surface area contributed by atoms with E-state index in [1.165, 1.54) is 0 Å². The van der Waals surface area contributed by atoms with Crippen LogP contribution >= 0.6 is 15.9 Å². The third-order valence-corrected chi connectivity index (χ3v) is 5.82. The zero-order chi connectivity index (χ0) is 23.0. The number of halogens is 1. The molecule has 1 saturated heterocycles. The molecule has 0 N–H and O–H groups in total. The van der Waals surface area contributed by atoms with Gasteiger partial charge in [0, 0.05) is 18.5 Å². The molecule has 1 aromatic carbocycles. The van der Waals surface area contributed by atoms with Crippen molar-refractivity contribution in [3.05, 3.63) is 34.5 Å². The number of carbonyl (C=O) groups is 2. The fourth-order valence-electron chi connectivity index (χ4n) is 3.85. The summed E-state index contributed by atoms with van der Waals surface area (Å²) in [6.45, 7) is 12.2. The lowest BCUT2D eigenvalue weighted by atomic mass is 9.86. The highest BCUT2D eigenvalue weighted by Crippen LogP contribution is 2.32. The molecule has 2 atom stereocenters. The number of ether oxygens (including phenoxy) is 2. The van der Waals surface area contributed by atoms with E-state index < -0.39 is 11.2 Å². The normalized spacial score (nSPS) is 18.3. The second-order valence-electron chi connectivity index (χ2n) is 10.2. The number of hydrogen-bond acceptors (Lipinski definition) is 5. The standard InChI is InChI=1S/C24H32BrNO5/c1-23(2,3)30-21(27)18(11-15-7-8-17-19(25)14-29-20(17)12-15)16-9-10-26(13-16)22(28)31-24(4,5)6/h7-8,12,14,16,18H,9-11,13H2,1-6H3/t16-,18-/m0/s1. The molecule has 1 aliphatic rings. The molecule has 6 nitrogen and oxygen atoms in total. The molecule has 0 unspecified atom stereocenters. The highest BCUT2D eigenvalue weighted by molar-refractivity contribution is 9.10. The number of carbonyl (C=O) groups excluding carboxylic acids is 2. The predicted octanol–water partition coefficient (Wildman–Crippen LogP) is 5.95. The zero-order valence-electron chi connectivity index (χ0n) is 19.2.